The lowest BCUT2D eigenvalue weighted by atomic mass is 9.95. The zero-order valence-corrected chi connectivity index (χ0v) is 16.9. The standard InChI is InChI=1S/C23H24N4O3/c1-27-20-8-6-17(11-18(20)7-9-22(27)28)16-4-2-15(3-5-16)10-19(12-24)26-23(29)21-13-25-14-30-21/h2-6,8,11,19,21,25H,7,9-10,13-14H2,1H3,(H,26,29). The molecule has 0 radical (unpaired) electrons. The van der Waals surface area contributed by atoms with E-state index in [1.165, 1.54) is 5.56 Å². The van der Waals surface area contributed by atoms with E-state index in [1.54, 1.807) is 4.90 Å². The lowest BCUT2D eigenvalue weighted by molar-refractivity contribution is -0.129. The molecular weight excluding hydrogens is 380 g/mol. The molecule has 1 saturated heterocycles. The Morgan fingerprint density at radius 3 is 2.73 bits per heavy atom. The molecule has 2 atom stereocenters. The molecule has 2 aliphatic heterocycles. The summed E-state index contributed by atoms with van der Waals surface area (Å²) in [6.45, 7) is 0.815. The molecule has 2 aromatic carbocycles. The number of carbonyl (C=O) groups excluding carboxylic acids is 2. The molecule has 1 fully saturated rings. The second-order valence-electron chi connectivity index (χ2n) is 7.64. The zero-order chi connectivity index (χ0) is 21.1. The Hall–Kier alpha value is -3.21. The highest BCUT2D eigenvalue weighted by Gasteiger charge is 2.25. The van der Waals surface area contributed by atoms with Crippen molar-refractivity contribution in [1.82, 2.24) is 10.6 Å². The van der Waals surface area contributed by atoms with Gasteiger partial charge in [-0.05, 0) is 40.8 Å². The SMILES string of the molecule is CN1C(=O)CCc2cc(-c3ccc(CC(C#N)NC(=O)C4CNCO4)cc3)ccc21. The Balaban J connectivity index is 1.43. The Morgan fingerprint density at radius 2 is 2.03 bits per heavy atom. The molecule has 0 saturated carbocycles. The van der Waals surface area contributed by atoms with Crippen LogP contribution < -0.4 is 15.5 Å². The summed E-state index contributed by atoms with van der Waals surface area (Å²) < 4.78 is 5.27. The Bertz CT molecular complexity index is 990. The van der Waals surface area contributed by atoms with Gasteiger partial charge in [0.1, 0.15) is 12.1 Å². The number of nitrogens with one attached hydrogen (secondary N) is 2. The highest BCUT2D eigenvalue weighted by Crippen LogP contribution is 2.31. The van der Waals surface area contributed by atoms with Crippen molar-refractivity contribution in [2.45, 2.75) is 31.4 Å². The van der Waals surface area contributed by atoms with E-state index in [0.29, 0.717) is 26.1 Å². The molecule has 4 rings (SSSR count). The number of anilines is 1. The minimum absolute atomic E-state index is 0.148. The average molecular weight is 404 g/mol. The summed E-state index contributed by atoms with van der Waals surface area (Å²) in [4.78, 5) is 25.7. The number of nitriles is 1. The molecule has 0 aromatic heterocycles. The summed E-state index contributed by atoms with van der Waals surface area (Å²) in [6.07, 6.45) is 1.19. The summed E-state index contributed by atoms with van der Waals surface area (Å²) in [5, 5.41) is 15.1. The molecule has 0 aliphatic carbocycles. The van der Waals surface area contributed by atoms with Gasteiger partial charge in [-0.25, -0.2) is 0 Å². The van der Waals surface area contributed by atoms with Gasteiger partial charge in [0.15, 0.2) is 0 Å². The zero-order valence-electron chi connectivity index (χ0n) is 16.9. The van der Waals surface area contributed by atoms with Crippen molar-refractivity contribution >= 4 is 17.5 Å². The molecule has 2 N–H and O–H groups in total. The molecule has 2 aliphatic rings. The molecule has 7 heteroatoms. The molecular formula is C23H24N4O3. The van der Waals surface area contributed by atoms with Crippen LogP contribution in [0.3, 0.4) is 0 Å². The van der Waals surface area contributed by atoms with E-state index >= 15 is 0 Å². The fraction of sp³-hybridized carbons (Fsp3) is 0.348. The van der Waals surface area contributed by atoms with Gasteiger partial charge in [-0.2, -0.15) is 5.26 Å². The van der Waals surface area contributed by atoms with Crippen LogP contribution in [-0.2, 0) is 27.2 Å². The first-order valence-corrected chi connectivity index (χ1v) is 10.1. The first kappa shape index (κ1) is 20.1. The molecule has 30 heavy (non-hydrogen) atoms. The van der Waals surface area contributed by atoms with E-state index in [2.05, 4.69) is 22.8 Å². The Labute approximate surface area is 175 Å². The molecule has 0 bridgehead atoms. The van der Waals surface area contributed by atoms with E-state index < -0.39 is 12.1 Å². The van der Waals surface area contributed by atoms with E-state index in [9.17, 15) is 14.9 Å². The number of nitrogens with zero attached hydrogens (tertiary/aromatic N) is 2. The van der Waals surface area contributed by atoms with Crippen molar-refractivity contribution in [2.75, 3.05) is 25.2 Å². The van der Waals surface area contributed by atoms with Gasteiger partial charge in [-0.1, -0.05) is 30.3 Å². The smallest absolute Gasteiger partial charge is 0.251 e. The van der Waals surface area contributed by atoms with Gasteiger partial charge in [0.25, 0.3) is 5.91 Å². The topological polar surface area (TPSA) is 94.5 Å². The van der Waals surface area contributed by atoms with Gasteiger partial charge in [-0.3, -0.25) is 14.9 Å². The third-order valence-corrected chi connectivity index (χ3v) is 5.63. The minimum Gasteiger partial charge on any atom is -0.352 e. The van der Waals surface area contributed by atoms with Crippen LogP contribution in [0.5, 0.6) is 0 Å². The number of fused-ring (bicyclic) bond motifs is 1. The molecule has 2 amide bonds. The van der Waals surface area contributed by atoms with Gasteiger partial charge in [0.05, 0.1) is 12.8 Å². The predicted molar refractivity (Wildman–Crippen MR) is 113 cm³/mol. The quantitative estimate of drug-likeness (QED) is 0.792. The van der Waals surface area contributed by atoms with Crippen molar-refractivity contribution in [3.05, 3.63) is 53.6 Å². The van der Waals surface area contributed by atoms with Gasteiger partial charge >= 0.3 is 0 Å². The van der Waals surface area contributed by atoms with E-state index in [4.69, 9.17) is 4.74 Å². The highest BCUT2D eigenvalue weighted by molar-refractivity contribution is 5.96. The first-order valence-electron chi connectivity index (χ1n) is 10.1. The molecule has 2 unspecified atom stereocenters. The monoisotopic (exact) mass is 404 g/mol. The largest absolute Gasteiger partial charge is 0.352 e. The van der Waals surface area contributed by atoms with Crippen LogP contribution in [0.4, 0.5) is 5.69 Å². The van der Waals surface area contributed by atoms with Gasteiger partial charge in [0.2, 0.25) is 5.91 Å². The van der Waals surface area contributed by atoms with Crippen molar-refractivity contribution in [1.29, 1.82) is 5.26 Å². The summed E-state index contributed by atoms with van der Waals surface area (Å²) in [7, 11) is 1.81. The molecule has 0 spiro atoms. The van der Waals surface area contributed by atoms with Crippen LogP contribution in [0.15, 0.2) is 42.5 Å². The van der Waals surface area contributed by atoms with Crippen molar-refractivity contribution in [3.63, 3.8) is 0 Å². The second-order valence-corrected chi connectivity index (χ2v) is 7.64. The van der Waals surface area contributed by atoms with Crippen molar-refractivity contribution < 1.29 is 14.3 Å². The van der Waals surface area contributed by atoms with E-state index in [0.717, 1.165) is 28.8 Å². The second kappa shape index (κ2) is 8.66. The normalized spacial score (nSPS) is 19.1. The maximum absolute atomic E-state index is 12.2. The van der Waals surface area contributed by atoms with E-state index in [1.807, 2.05) is 43.4 Å². The molecule has 7 nitrogen and oxygen atoms in total. The average Bonchev–Trinajstić information content (AvgIpc) is 3.31. The number of amides is 2. The summed E-state index contributed by atoms with van der Waals surface area (Å²) in [5.74, 6) is -0.116. The third kappa shape index (κ3) is 4.20. The van der Waals surface area contributed by atoms with Crippen LogP contribution in [0, 0.1) is 11.3 Å². The van der Waals surface area contributed by atoms with Crippen LogP contribution in [0.1, 0.15) is 17.5 Å². The Morgan fingerprint density at radius 1 is 1.27 bits per heavy atom. The fourth-order valence-corrected chi connectivity index (χ4v) is 3.88. The summed E-state index contributed by atoms with van der Waals surface area (Å²) in [6, 6.07) is 15.7. The number of hydrogen-bond acceptors (Lipinski definition) is 5. The number of aryl methyl sites for hydroxylation is 1. The number of rotatable bonds is 5. The van der Waals surface area contributed by atoms with Crippen molar-refractivity contribution in [2.24, 2.45) is 0 Å². The van der Waals surface area contributed by atoms with Crippen LogP contribution in [-0.4, -0.2) is 44.3 Å². The maximum Gasteiger partial charge on any atom is 0.251 e. The summed E-state index contributed by atoms with van der Waals surface area (Å²) in [5.41, 5.74) is 5.29. The molecule has 2 heterocycles. The molecule has 2 aromatic rings. The fourth-order valence-electron chi connectivity index (χ4n) is 3.88. The number of ether oxygens (including phenoxy) is 1. The van der Waals surface area contributed by atoms with Gasteiger partial charge < -0.3 is 15.0 Å². The minimum atomic E-state index is -0.607. The Kier molecular flexibility index (Phi) is 5.79. The first-order chi connectivity index (χ1) is 14.5. The van der Waals surface area contributed by atoms with Gasteiger partial charge in [0, 0.05) is 32.1 Å². The van der Waals surface area contributed by atoms with Crippen LogP contribution in [0.2, 0.25) is 0 Å². The molecule has 154 valence electrons. The number of hydrogen-bond donors (Lipinski definition) is 2. The maximum atomic E-state index is 12.2. The van der Waals surface area contributed by atoms with Crippen LogP contribution >= 0.6 is 0 Å². The van der Waals surface area contributed by atoms with E-state index in [-0.39, 0.29) is 11.8 Å². The lowest BCUT2D eigenvalue weighted by Gasteiger charge is -2.26. The number of carbonyl (C=O) groups is 2. The van der Waals surface area contributed by atoms with Gasteiger partial charge in [-0.15, -0.1) is 0 Å². The summed E-state index contributed by atoms with van der Waals surface area (Å²) >= 11 is 0. The predicted octanol–water partition coefficient (Wildman–Crippen LogP) is 1.76. The van der Waals surface area contributed by atoms with Crippen LogP contribution in [0.25, 0.3) is 11.1 Å². The lowest BCUT2D eigenvalue weighted by Crippen LogP contribution is -2.43. The highest BCUT2D eigenvalue weighted by atomic mass is 16.5. The third-order valence-electron chi connectivity index (χ3n) is 5.63. The van der Waals surface area contributed by atoms with Crippen molar-refractivity contribution in [3.8, 4) is 17.2 Å². The number of benzene rings is 2.